The van der Waals surface area contributed by atoms with Gasteiger partial charge in [-0.2, -0.15) is 0 Å². The third-order valence-electron chi connectivity index (χ3n) is 4.27. The highest BCUT2D eigenvalue weighted by Gasteiger charge is 2.39. The molecule has 138 valence electrons. The van der Waals surface area contributed by atoms with Gasteiger partial charge in [-0.25, -0.2) is 0 Å². The first-order valence-corrected chi connectivity index (χ1v) is 9.42. The minimum Gasteiger partial charge on any atom is -0.496 e. The maximum atomic E-state index is 12.6. The average molecular weight is 374 g/mol. The Bertz CT molecular complexity index is 763. The fraction of sp³-hybridized carbons (Fsp3) is 0.368. The summed E-state index contributed by atoms with van der Waals surface area (Å²) in [5.74, 6) is 1.38. The lowest BCUT2D eigenvalue weighted by Gasteiger charge is -2.25. The van der Waals surface area contributed by atoms with Crippen LogP contribution in [-0.4, -0.2) is 35.6 Å². The van der Waals surface area contributed by atoms with Crippen LogP contribution in [0, 0.1) is 0 Å². The normalized spacial score (nSPS) is 19.6. The number of thioether (sulfide) groups is 1. The summed E-state index contributed by atoms with van der Waals surface area (Å²) in [7, 11) is 1.62. The molecule has 2 amide bonds. The van der Waals surface area contributed by atoms with E-state index in [4.69, 9.17) is 9.15 Å². The van der Waals surface area contributed by atoms with Crippen LogP contribution >= 0.6 is 11.8 Å². The second-order valence-corrected chi connectivity index (χ2v) is 7.44. The summed E-state index contributed by atoms with van der Waals surface area (Å²) in [4.78, 5) is 26.5. The molecule has 2 aromatic rings. The second-order valence-electron chi connectivity index (χ2n) is 6.01. The minimum atomic E-state index is -0.147. The van der Waals surface area contributed by atoms with E-state index in [1.807, 2.05) is 31.2 Å². The molecule has 0 saturated carbocycles. The van der Waals surface area contributed by atoms with E-state index in [2.05, 4.69) is 5.32 Å². The molecule has 2 atom stereocenters. The maximum Gasteiger partial charge on any atom is 0.236 e. The summed E-state index contributed by atoms with van der Waals surface area (Å²) in [6, 6.07) is 11.3. The van der Waals surface area contributed by atoms with Crippen molar-refractivity contribution in [3.8, 4) is 5.75 Å². The zero-order chi connectivity index (χ0) is 18.5. The molecule has 0 radical (unpaired) electrons. The summed E-state index contributed by atoms with van der Waals surface area (Å²) in [6.45, 7) is 2.61. The SMILES string of the molecule is COc1ccccc1[C@@H]1S[C@H](C)C(=O)N1CCC(=O)NCc1ccco1. The third-order valence-corrected chi connectivity index (χ3v) is 5.65. The van der Waals surface area contributed by atoms with Crippen molar-refractivity contribution in [3.63, 3.8) is 0 Å². The highest BCUT2D eigenvalue weighted by molar-refractivity contribution is 8.01. The molecule has 0 aliphatic carbocycles. The third kappa shape index (κ3) is 4.04. The first-order chi connectivity index (χ1) is 12.6. The van der Waals surface area contributed by atoms with E-state index < -0.39 is 0 Å². The van der Waals surface area contributed by atoms with Gasteiger partial charge in [0.1, 0.15) is 16.9 Å². The van der Waals surface area contributed by atoms with Crippen LogP contribution in [0.4, 0.5) is 0 Å². The summed E-state index contributed by atoms with van der Waals surface area (Å²) in [5.41, 5.74) is 0.952. The minimum absolute atomic E-state index is 0.0461. The molecular formula is C19H22N2O4S. The first kappa shape index (κ1) is 18.4. The van der Waals surface area contributed by atoms with Crippen LogP contribution in [0.25, 0.3) is 0 Å². The second kappa shape index (κ2) is 8.31. The van der Waals surface area contributed by atoms with Gasteiger partial charge in [-0.1, -0.05) is 18.2 Å². The van der Waals surface area contributed by atoms with Crippen molar-refractivity contribution in [1.82, 2.24) is 10.2 Å². The van der Waals surface area contributed by atoms with Crippen LogP contribution in [-0.2, 0) is 16.1 Å². The maximum absolute atomic E-state index is 12.6. The van der Waals surface area contributed by atoms with Crippen molar-refractivity contribution in [2.75, 3.05) is 13.7 Å². The molecule has 2 heterocycles. The number of furan rings is 1. The number of rotatable bonds is 7. The molecule has 6 nitrogen and oxygen atoms in total. The van der Waals surface area contributed by atoms with E-state index >= 15 is 0 Å². The Morgan fingerprint density at radius 3 is 2.85 bits per heavy atom. The van der Waals surface area contributed by atoms with Crippen LogP contribution in [0.5, 0.6) is 5.75 Å². The Hall–Kier alpha value is -2.41. The van der Waals surface area contributed by atoms with E-state index in [1.54, 1.807) is 42.2 Å². The van der Waals surface area contributed by atoms with Crippen LogP contribution < -0.4 is 10.1 Å². The van der Waals surface area contributed by atoms with Crippen LogP contribution in [0.15, 0.2) is 47.1 Å². The molecule has 1 aromatic heterocycles. The van der Waals surface area contributed by atoms with Crippen molar-refractivity contribution in [3.05, 3.63) is 54.0 Å². The van der Waals surface area contributed by atoms with E-state index in [0.29, 0.717) is 18.8 Å². The molecule has 0 bridgehead atoms. The van der Waals surface area contributed by atoms with Gasteiger partial charge in [0.25, 0.3) is 0 Å². The molecule has 1 aromatic carbocycles. The summed E-state index contributed by atoms with van der Waals surface area (Å²) in [6.07, 6.45) is 1.81. The number of amides is 2. The quantitative estimate of drug-likeness (QED) is 0.807. The van der Waals surface area contributed by atoms with Crippen molar-refractivity contribution in [1.29, 1.82) is 0 Å². The molecule has 0 unspecified atom stereocenters. The molecule has 3 rings (SSSR count). The van der Waals surface area contributed by atoms with Gasteiger partial charge in [0, 0.05) is 18.5 Å². The van der Waals surface area contributed by atoms with Crippen LogP contribution in [0.2, 0.25) is 0 Å². The summed E-state index contributed by atoms with van der Waals surface area (Å²) in [5, 5.41) is 2.52. The Morgan fingerprint density at radius 1 is 1.31 bits per heavy atom. The molecule has 26 heavy (non-hydrogen) atoms. The van der Waals surface area contributed by atoms with Gasteiger partial charge in [0.2, 0.25) is 11.8 Å². The monoisotopic (exact) mass is 374 g/mol. The predicted molar refractivity (Wildman–Crippen MR) is 99.7 cm³/mol. The zero-order valence-corrected chi connectivity index (χ0v) is 15.6. The number of nitrogens with zero attached hydrogens (tertiary/aromatic N) is 1. The summed E-state index contributed by atoms with van der Waals surface area (Å²) < 4.78 is 10.6. The number of para-hydroxylation sites is 1. The Kier molecular flexibility index (Phi) is 5.88. The standard InChI is InChI=1S/C19H22N2O4S/c1-13-18(23)21(10-9-17(22)20-12-14-6-5-11-25-14)19(26-13)15-7-3-4-8-16(15)24-2/h3-8,11,13,19H,9-10,12H2,1-2H3,(H,20,22)/t13-,19+/m1/s1. The van der Waals surface area contributed by atoms with Crippen LogP contribution in [0.1, 0.15) is 30.0 Å². The van der Waals surface area contributed by atoms with Gasteiger partial charge >= 0.3 is 0 Å². The lowest BCUT2D eigenvalue weighted by atomic mass is 10.1. The number of benzene rings is 1. The van der Waals surface area contributed by atoms with Gasteiger partial charge < -0.3 is 19.4 Å². The van der Waals surface area contributed by atoms with Crippen LogP contribution in [0.3, 0.4) is 0 Å². The molecule has 7 heteroatoms. The first-order valence-electron chi connectivity index (χ1n) is 8.48. The van der Waals surface area contributed by atoms with E-state index in [0.717, 1.165) is 11.3 Å². The average Bonchev–Trinajstić information content (AvgIpc) is 3.27. The Labute approximate surface area is 156 Å². The number of carbonyl (C=O) groups excluding carboxylic acids is 2. The van der Waals surface area contributed by atoms with E-state index in [-0.39, 0.29) is 28.9 Å². The Morgan fingerprint density at radius 2 is 2.12 bits per heavy atom. The molecule has 1 aliphatic heterocycles. The molecule has 1 saturated heterocycles. The smallest absolute Gasteiger partial charge is 0.236 e. The zero-order valence-electron chi connectivity index (χ0n) is 14.8. The van der Waals surface area contributed by atoms with Gasteiger partial charge in [0.05, 0.1) is 25.2 Å². The highest BCUT2D eigenvalue weighted by atomic mass is 32.2. The fourth-order valence-electron chi connectivity index (χ4n) is 2.92. The topological polar surface area (TPSA) is 71.8 Å². The number of methoxy groups -OCH3 is 1. The number of hydrogen-bond acceptors (Lipinski definition) is 5. The number of hydrogen-bond donors (Lipinski definition) is 1. The lowest BCUT2D eigenvalue weighted by Crippen LogP contribution is -2.34. The number of nitrogens with one attached hydrogen (secondary N) is 1. The molecule has 1 fully saturated rings. The van der Waals surface area contributed by atoms with E-state index in [1.165, 1.54) is 0 Å². The van der Waals surface area contributed by atoms with Crippen molar-refractivity contribution < 1.29 is 18.7 Å². The molecular weight excluding hydrogens is 352 g/mol. The fourth-order valence-corrected chi connectivity index (χ4v) is 4.26. The van der Waals surface area contributed by atoms with Gasteiger partial charge in [0.15, 0.2) is 0 Å². The molecule has 1 N–H and O–H groups in total. The van der Waals surface area contributed by atoms with Crippen molar-refractivity contribution in [2.24, 2.45) is 0 Å². The van der Waals surface area contributed by atoms with Crippen molar-refractivity contribution in [2.45, 2.75) is 30.5 Å². The largest absolute Gasteiger partial charge is 0.496 e. The molecule has 1 aliphatic rings. The van der Waals surface area contributed by atoms with Crippen molar-refractivity contribution >= 4 is 23.6 Å². The number of ether oxygens (including phenoxy) is 1. The Balaban J connectivity index is 1.64. The van der Waals surface area contributed by atoms with Gasteiger partial charge in [-0.3, -0.25) is 9.59 Å². The molecule has 0 spiro atoms. The highest BCUT2D eigenvalue weighted by Crippen LogP contribution is 2.45. The number of carbonyl (C=O) groups is 2. The van der Waals surface area contributed by atoms with Gasteiger partial charge in [-0.05, 0) is 25.1 Å². The lowest BCUT2D eigenvalue weighted by molar-refractivity contribution is -0.130. The predicted octanol–water partition coefficient (Wildman–Crippen LogP) is 2.96. The summed E-state index contributed by atoms with van der Waals surface area (Å²) >= 11 is 1.58. The van der Waals surface area contributed by atoms with Gasteiger partial charge in [-0.15, -0.1) is 11.8 Å². The van der Waals surface area contributed by atoms with E-state index in [9.17, 15) is 9.59 Å².